The second-order valence-corrected chi connectivity index (χ2v) is 17.1. The van der Waals surface area contributed by atoms with Crippen LogP contribution in [0.4, 0.5) is 0 Å². The Morgan fingerprint density at radius 1 is 0.410 bits per heavy atom. The summed E-state index contributed by atoms with van der Waals surface area (Å²) in [4.78, 5) is 15.2. The van der Waals surface area contributed by atoms with E-state index in [4.69, 9.17) is 15.0 Å². The Morgan fingerprint density at radius 2 is 0.738 bits per heavy atom. The summed E-state index contributed by atoms with van der Waals surface area (Å²) in [5, 5.41) is 18.7. The van der Waals surface area contributed by atoms with Crippen LogP contribution in [-0.2, 0) is 5.41 Å². The molecule has 8 aromatic rings. The van der Waals surface area contributed by atoms with E-state index in [2.05, 4.69) is 116 Å². The van der Waals surface area contributed by atoms with Gasteiger partial charge in [-0.2, -0.15) is 10.5 Å². The number of fused-ring (bicyclic) bond motifs is 2. The van der Waals surface area contributed by atoms with E-state index in [-0.39, 0.29) is 0 Å². The summed E-state index contributed by atoms with van der Waals surface area (Å²) in [6.45, 7) is 2.49. The summed E-state index contributed by atoms with van der Waals surface area (Å²) in [5.74, 6) is 3.52. The molecule has 0 amide bonds. The largest absolute Gasteiger partial charge is 0.208 e. The lowest BCUT2D eigenvalue weighted by molar-refractivity contribution is 0.232. The molecule has 0 aliphatic heterocycles. The highest BCUT2D eigenvalue weighted by Crippen LogP contribution is 2.51. The molecule has 2 aliphatic rings. The van der Waals surface area contributed by atoms with Gasteiger partial charge in [0.2, 0.25) is 0 Å². The smallest absolute Gasteiger partial charge is 0.164 e. The highest BCUT2D eigenvalue weighted by atomic mass is 15.0. The Bertz CT molecular complexity index is 2820. The van der Waals surface area contributed by atoms with Gasteiger partial charge in [0.15, 0.2) is 17.5 Å². The van der Waals surface area contributed by atoms with Gasteiger partial charge in [-0.15, -0.1) is 0 Å². The molecule has 7 aromatic carbocycles. The first-order valence-corrected chi connectivity index (χ1v) is 21.2. The zero-order chi connectivity index (χ0) is 41.3. The topological polar surface area (TPSA) is 86.2 Å². The first kappa shape index (κ1) is 37.8. The fraction of sp³-hybridized carbons (Fsp3) is 0.161. The van der Waals surface area contributed by atoms with Crippen LogP contribution in [0, 0.1) is 34.5 Å². The predicted octanol–water partition coefficient (Wildman–Crippen LogP) is 13.8. The Hall–Kier alpha value is -7.47. The van der Waals surface area contributed by atoms with E-state index >= 15 is 0 Å². The molecule has 2 fully saturated rings. The van der Waals surface area contributed by atoms with Crippen molar-refractivity contribution in [3.63, 3.8) is 0 Å². The maximum Gasteiger partial charge on any atom is 0.164 e. The van der Waals surface area contributed by atoms with Crippen LogP contribution in [0.2, 0.25) is 0 Å². The average Bonchev–Trinajstić information content (AvgIpc) is 3.69. The fourth-order valence-electron chi connectivity index (χ4n) is 9.79. The number of nitriles is 2. The quantitative estimate of drug-likeness (QED) is 0.153. The summed E-state index contributed by atoms with van der Waals surface area (Å²) < 4.78 is 0. The summed E-state index contributed by atoms with van der Waals surface area (Å²) >= 11 is 0. The lowest BCUT2D eigenvalue weighted by Crippen LogP contribution is -2.30. The third kappa shape index (κ3) is 7.75. The molecule has 2 bridgehead atoms. The molecule has 5 nitrogen and oxygen atoms in total. The number of nitrogens with zero attached hydrogens (tertiary/aromatic N) is 5. The van der Waals surface area contributed by atoms with Crippen LogP contribution in [0.3, 0.4) is 0 Å². The minimum atomic E-state index is 0.305. The van der Waals surface area contributed by atoms with E-state index in [1.807, 2.05) is 72.8 Å². The van der Waals surface area contributed by atoms with Crippen molar-refractivity contribution < 1.29 is 0 Å². The van der Waals surface area contributed by atoms with Crippen LogP contribution in [0.15, 0.2) is 170 Å². The molecule has 2 aliphatic carbocycles. The average molecular weight is 786 g/mol. The number of hydrogen-bond donors (Lipinski definition) is 0. The molecule has 1 heterocycles. The van der Waals surface area contributed by atoms with Gasteiger partial charge in [0.05, 0.1) is 23.3 Å². The number of aromatic nitrogens is 3. The van der Waals surface area contributed by atoms with E-state index in [0.29, 0.717) is 34.0 Å². The van der Waals surface area contributed by atoms with Gasteiger partial charge in [0, 0.05) is 16.7 Å². The maximum atomic E-state index is 9.33. The monoisotopic (exact) mass is 785 g/mol. The van der Waals surface area contributed by atoms with Crippen molar-refractivity contribution in [1.82, 2.24) is 15.0 Å². The molecule has 0 saturated heterocycles. The van der Waals surface area contributed by atoms with Crippen molar-refractivity contribution in [2.24, 2.45) is 11.8 Å². The Kier molecular flexibility index (Phi) is 9.87. The molecule has 3 atom stereocenters. The van der Waals surface area contributed by atoms with Gasteiger partial charge in [-0.3, -0.25) is 0 Å². The van der Waals surface area contributed by atoms with Crippen molar-refractivity contribution >= 4 is 0 Å². The van der Waals surface area contributed by atoms with E-state index < -0.39 is 0 Å². The lowest BCUT2D eigenvalue weighted by atomic mass is 9.66. The Balaban J connectivity index is 0.951. The fourth-order valence-corrected chi connectivity index (χ4v) is 9.79. The zero-order valence-electron chi connectivity index (χ0n) is 34.1. The zero-order valence-corrected chi connectivity index (χ0v) is 34.1. The van der Waals surface area contributed by atoms with Crippen molar-refractivity contribution in [1.29, 1.82) is 10.5 Å². The molecule has 2 saturated carbocycles. The number of hydrogen-bond acceptors (Lipinski definition) is 5. The molecule has 1 unspecified atom stereocenters. The van der Waals surface area contributed by atoms with E-state index in [0.717, 1.165) is 61.9 Å². The highest BCUT2D eigenvalue weighted by molar-refractivity contribution is 5.76. The van der Waals surface area contributed by atoms with E-state index in [9.17, 15) is 10.5 Å². The molecule has 1 aromatic heterocycles. The minimum Gasteiger partial charge on any atom is -0.208 e. The predicted molar refractivity (Wildman–Crippen MR) is 245 cm³/mol. The third-order valence-corrected chi connectivity index (χ3v) is 13.0. The third-order valence-electron chi connectivity index (χ3n) is 13.0. The Labute approximate surface area is 357 Å². The van der Waals surface area contributed by atoms with Crippen molar-refractivity contribution in [3.8, 4) is 90.8 Å². The molecule has 10 rings (SSSR count). The van der Waals surface area contributed by atoms with Crippen LogP contribution in [0.1, 0.15) is 55.7 Å². The maximum absolute atomic E-state index is 9.33. The van der Waals surface area contributed by atoms with Gasteiger partial charge >= 0.3 is 0 Å². The van der Waals surface area contributed by atoms with Crippen LogP contribution in [0.25, 0.3) is 78.7 Å². The van der Waals surface area contributed by atoms with Crippen LogP contribution in [-0.4, -0.2) is 15.0 Å². The number of rotatable bonds is 8. The second kappa shape index (κ2) is 15.9. The van der Waals surface area contributed by atoms with E-state index in [1.165, 1.54) is 48.8 Å². The first-order valence-electron chi connectivity index (χ1n) is 21.2. The molecular weight excluding hydrogens is 743 g/mol. The van der Waals surface area contributed by atoms with Crippen LogP contribution in [0.5, 0.6) is 0 Å². The van der Waals surface area contributed by atoms with E-state index in [1.54, 1.807) is 0 Å². The summed E-state index contributed by atoms with van der Waals surface area (Å²) in [6, 6.07) is 62.6. The van der Waals surface area contributed by atoms with Gasteiger partial charge in [0.1, 0.15) is 0 Å². The molecular formula is C56H43N5. The summed E-state index contributed by atoms with van der Waals surface area (Å²) in [7, 11) is 0. The minimum absolute atomic E-state index is 0.305. The van der Waals surface area contributed by atoms with Gasteiger partial charge in [0.25, 0.3) is 0 Å². The summed E-state index contributed by atoms with van der Waals surface area (Å²) in [6.07, 6.45) is 6.94. The van der Waals surface area contributed by atoms with Crippen molar-refractivity contribution in [2.45, 2.75) is 44.4 Å². The molecule has 0 spiro atoms. The summed E-state index contributed by atoms with van der Waals surface area (Å²) in [5.41, 5.74) is 14.4. The molecule has 292 valence electrons. The highest BCUT2D eigenvalue weighted by Gasteiger charge is 2.41. The standard InChI is InChI=1S/C56H43N5/c1-56(33-39-8-9-40(30-39)34-56)52-28-26-44(27-29-52)42-20-18-41(19-21-42)43-22-24-47(25-23-43)53-59-54(50-6-2-4-48(31-50)45-14-10-37(35-57)11-15-45)61-55(60-53)51-7-3-5-49(32-51)46-16-12-38(36-58)13-17-46/h2-7,10-29,31-32,39-40H,8-9,30,33-34H2,1H3/t39-,40+,56?. The van der Waals surface area contributed by atoms with Crippen LogP contribution >= 0.6 is 0 Å². The SMILES string of the molecule is CC1(c2ccc(-c3ccc(-c4ccc(-c5nc(-c6cccc(-c7ccc(C#N)cc7)c6)nc(-c6cccc(-c7ccc(C#N)cc7)c6)n5)cc4)cc3)cc2)C[C@@H]2CC[C@@H](C2)C1. The molecule has 0 N–H and O–H groups in total. The normalized spacial score (nSPS) is 18.0. The first-order chi connectivity index (χ1) is 29.9. The second-order valence-electron chi connectivity index (χ2n) is 17.1. The van der Waals surface area contributed by atoms with Crippen molar-refractivity contribution in [3.05, 3.63) is 187 Å². The van der Waals surface area contributed by atoms with Gasteiger partial charge in [-0.25, -0.2) is 15.0 Å². The molecule has 5 heteroatoms. The molecule has 0 radical (unpaired) electrons. The molecule has 61 heavy (non-hydrogen) atoms. The van der Waals surface area contributed by atoms with Crippen molar-refractivity contribution in [2.75, 3.05) is 0 Å². The van der Waals surface area contributed by atoms with Gasteiger partial charge in [-0.05, 0) is 123 Å². The lowest BCUT2D eigenvalue weighted by Gasteiger charge is -2.38. The van der Waals surface area contributed by atoms with Gasteiger partial charge in [-0.1, -0.05) is 153 Å². The Morgan fingerprint density at radius 3 is 1.15 bits per heavy atom. The van der Waals surface area contributed by atoms with Gasteiger partial charge < -0.3 is 0 Å². The number of benzene rings is 7. The van der Waals surface area contributed by atoms with Crippen LogP contribution < -0.4 is 0 Å².